The molecule has 84 valence electrons. The zero-order valence-corrected chi connectivity index (χ0v) is 10.4. The topological polar surface area (TPSA) is 15.3 Å². The summed E-state index contributed by atoms with van der Waals surface area (Å²) in [6.07, 6.45) is 2.48. The number of hydrogen-bond acceptors (Lipinski definition) is 2. The number of nitrogens with zero attached hydrogens (tertiary/aromatic N) is 1. The summed E-state index contributed by atoms with van der Waals surface area (Å²) in [6, 6.07) is 1.38. The van der Waals surface area contributed by atoms with Crippen LogP contribution in [-0.4, -0.2) is 35.6 Å². The van der Waals surface area contributed by atoms with Crippen LogP contribution in [-0.2, 0) is 0 Å². The van der Waals surface area contributed by atoms with E-state index in [1.165, 1.54) is 25.9 Å². The summed E-state index contributed by atoms with van der Waals surface area (Å²) in [7, 11) is 0. The second-order valence-corrected chi connectivity index (χ2v) is 5.45. The number of piperazine rings is 1. The van der Waals surface area contributed by atoms with E-state index in [1.54, 1.807) is 0 Å². The molecule has 0 spiro atoms. The Morgan fingerprint density at radius 3 is 1.79 bits per heavy atom. The van der Waals surface area contributed by atoms with Crippen molar-refractivity contribution in [1.29, 1.82) is 0 Å². The largest absolute Gasteiger partial charge is 0.309 e. The molecular formula is C12H26N2. The van der Waals surface area contributed by atoms with Gasteiger partial charge < -0.3 is 5.32 Å². The highest BCUT2D eigenvalue weighted by atomic mass is 15.3. The standard InChI is InChI=1S/C12H26N2/c1-6-10-8-14(12(3,4)5)9-11(7-2)13-10/h10-11,13H,6-9H2,1-5H3. The summed E-state index contributed by atoms with van der Waals surface area (Å²) in [5, 5.41) is 3.71. The van der Waals surface area contributed by atoms with E-state index in [2.05, 4.69) is 44.8 Å². The predicted molar refractivity (Wildman–Crippen MR) is 62.6 cm³/mol. The molecule has 1 fully saturated rings. The summed E-state index contributed by atoms with van der Waals surface area (Å²) in [6.45, 7) is 13.9. The molecule has 1 aliphatic heterocycles. The van der Waals surface area contributed by atoms with Crippen molar-refractivity contribution in [3.05, 3.63) is 0 Å². The van der Waals surface area contributed by atoms with E-state index < -0.39 is 0 Å². The normalized spacial score (nSPS) is 30.6. The van der Waals surface area contributed by atoms with Crippen molar-refractivity contribution < 1.29 is 0 Å². The lowest BCUT2D eigenvalue weighted by Crippen LogP contribution is -2.60. The van der Waals surface area contributed by atoms with Crippen molar-refractivity contribution in [3.63, 3.8) is 0 Å². The maximum atomic E-state index is 3.71. The SMILES string of the molecule is CCC1CN(C(C)(C)C)CC(CC)N1. The van der Waals surface area contributed by atoms with Gasteiger partial charge in [0.05, 0.1) is 0 Å². The molecule has 1 N–H and O–H groups in total. The molecule has 0 bridgehead atoms. The number of hydrogen-bond donors (Lipinski definition) is 1. The monoisotopic (exact) mass is 198 g/mol. The maximum Gasteiger partial charge on any atom is 0.0195 e. The first kappa shape index (κ1) is 12.0. The molecular weight excluding hydrogens is 172 g/mol. The highest BCUT2D eigenvalue weighted by molar-refractivity contribution is 4.90. The molecule has 2 heteroatoms. The third-order valence-electron chi connectivity index (χ3n) is 3.29. The van der Waals surface area contributed by atoms with E-state index in [-0.39, 0.29) is 0 Å². The highest BCUT2D eigenvalue weighted by Gasteiger charge is 2.30. The van der Waals surface area contributed by atoms with Gasteiger partial charge in [0.15, 0.2) is 0 Å². The first-order valence-corrected chi connectivity index (χ1v) is 5.98. The summed E-state index contributed by atoms with van der Waals surface area (Å²) in [4.78, 5) is 2.62. The van der Waals surface area contributed by atoms with E-state index in [9.17, 15) is 0 Å². The molecule has 0 radical (unpaired) electrons. The average molecular weight is 198 g/mol. The van der Waals surface area contributed by atoms with Crippen LogP contribution < -0.4 is 5.32 Å². The van der Waals surface area contributed by atoms with Crippen molar-refractivity contribution in [2.24, 2.45) is 0 Å². The van der Waals surface area contributed by atoms with E-state index in [1.807, 2.05) is 0 Å². The molecule has 0 aromatic rings. The highest BCUT2D eigenvalue weighted by Crippen LogP contribution is 2.19. The van der Waals surface area contributed by atoms with Gasteiger partial charge in [-0.2, -0.15) is 0 Å². The average Bonchev–Trinajstić information content (AvgIpc) is 2.15. The Kier molecular flexibility index (Phi) is 3.96. The Labute approximate surface area is 89.1 Å². The molecule has 1 heterocycles. The quantitative estimate of drug-likeness (QED) is 0.732. The molecule has 0 aliphatic carbocycles. The van der Waals surface area contributed by atoms with Gasteiger partial charge in [0.1, 0.15) is 0 Å². The number of rotatable bonds is 2. The van der Waals surface area contributed by atoms with Crippen LogP contribution >= 0.6 is 0 Å². The predicted octanol–water partition coefficient (Wildman–Crippen LogP) is 2.25. The lowest BCUT2D eigenvalue weighted by molar-refractivity contribution is 0.0692. The Bertz CT molecular complexity index is 160. The molecule has 2 atom stereocenters. The van der Waals surface area contributed by atoms with Gasteiger partial charge in [-0.25, -0.2) is 0 Å². The fraction of sp³-hybridized carbons (Fsp3) is 1.00. The second-order valence-electron chi connectivity index (χ2n) is 5.45. The minimum Gasteiger partial charge on any atom is -0.309 e. The van der Waals surface area contributed by atoms with Gasteiger partial charge in [-0.1, -0.05) is 13.8 Å². The van der Waals surface area contributed by atoms with Gasteiger partial charge in [-0.15, -0.1) is 0 Å². The third-order valence-corrected chi connectivity index (χ3v) is 3.29. The first-order chi connectivity index (χ1) is 6.47. The van der Waals surface area contributed by atoms with Crippen LogP contribution in [0.15, 0.2) is 0 Å². The van der Waals surface area contributed by atoms with Gasteiger partial charge in [0, 0.05) is 30.7 Å². The van der Waals surface area contributed by atoms with Crippen LogP contribution in [0.3, 0.4) is 0 Å². The maximum absolute atomic E-state index is 3.71. The van der Waals surface area contributed by atoms with E-state index in [0.717, 1.165) is 0 Å². The Morgan fingerprint density at radius 2 is 1.50 bits per heavy atom. The zero-order chi connectivity index (χ0) is 10.8. The Morgan fingerprint density at radius 1 is 1.07 bits per heavy atom. The van der Waals surface area contributed by atoms with Crippen molar-refractivity contribution in [1.82, 2.24) is 10.2 Å². The summed E-state index contributed by atoms with van der Waals surface area (Å²) in [5.74, 6) is 0. The molecule has 1 saturated heterocycles. The van der Waals surface area contributed by atoms with Crippen molar-refractivity contribution in [2.45, 2.75) is 65.1 Å². The van der Waals surface area contributed by atoms with Gasteiger partial charge in [0.2, 0.25) is 0 Å². The van der Waals surface area contributed by atoms with Crippen molar-refractivity contribution in [3.8, 4) is 0 Å². The Balaban J connectivity index is 2.60. The van der Waals surface area contributed by atoms with Gasteiger partial charge in [-0.3, -0.25) is 4.90 Å². The fourth-order valence-electron chi connectivity index (χ4n) is 2.09. The summed E-state index contributed by atoms with van der Waals surface area (Å²) < 4.78 is 0. The van der Waals surface area contributed by atoms with E-state index >= 15 is 0 Å². The van der Waals surface area contributed by atoms with Crippen LogP contribution in [0, 0.1) is 0 Å². The zero-order valence-electron chi connectivity index (χ0n) is 10.4. The molecule has 2 nitrogen and oxygen atoms in total. The lowest BCUT2D eigenvalue weighted by Gasteiger charge is -2.45. The van der Waals surface area contributed by atoms with Crippen LogP contribution in [0.4, 0.5) is 0 Å². The Hall–Kier alpha value is -0.0800. The van der Waals surface area contributed by atoms with E-state index in [4.69, 9.17) is 0 Å². The lowest BCUT2D eigenvalue weighted by atomic mass is 9.98. The third kappa shape index (κ3) is 2.96. The van der Waals surface area contributed by atoms with Crippen LogP contribution in [0.1, 0.15) is 47.5 Å². The minimum absolute atomic E-state index is 0.322. The van der Waals surface area contributed by atoms with Crippen molar-refractivity contribution in [2.75, 3.05) is 13.1 Å². The first-order valence-electron chi connectivity index (χ1n) is 5.98. The van der Waals surface area contributed by atoms with Crippen LogP contribution in [0.5, 0.6) is 0 Å². The summed E-state index contributed by atoms with van der Waals surface area (Å²) >= 11 is 0. The molecule has 14 heavy (non-hydrogen) atoms. The molecule has 1 aliphatic rings. The number of nitrogens with one attached hydrogen (secondary N) is 1. The molecule has 0 aromatic heterocycles. The molecule has 0 saturated carbocycles. The smallest absolute Gasteiger partial charge is 0.0195 e. The van der Waals surface area contributed by atoms with Crippen LogP contribution in [0.25, 0.3) is 0 Å². The molecule has 0 aromatic carbocycles. The molecule has 2 unspecified atom stereocenters. The van der Waals surface area contributed by atoms with Crippen molar-refractivity contribution >= 4 is 0 Å². The molecule has 1 rings (SSSR count). The van der Waals surface area contributed by atoms with Gasteiger partial charge >= 0.3 is 0 Å². The molecule has 0 amide bonds. The second kappa shape index (κ2) is 4.63. The minimum atomic E-state index is 0.322. The van der Waals surface area contributed by atoms with Gasteiger partial charge in [0.25, 0.3) is 0 Å². The summed E-state index contributed by atoms with van der Waals surface area (Å²) in [5.41, 5.74) is 0.322. The van der Waals surface area contributed by atoms with Gasteiger partial charge in [-0.05, 0) is 33.6 Å². The van der Waals surface area contributed by atoms with Crippen LogP contribution in [0.2, 0.25) is 0 Å². The fourth-order valence-corrected chi connectivity index (χ4v) is 2.09. The van der Waals surface area contributed by atoms with E-state index in [0.29, 0.717) is 17.6 Å².